The Labute approximate surface area is 505 Å². The van der Waals surface area contributed by atoms with Gasteiger partial charge in [0.05, 0.1) is 26.4 Å². The number of esters is 4. The summed E-state index contributed by atoms with van der Waals surface area (Å²) >= 11 is 0. The van der Waals surface area contributed by atoms with E-state index in [1.54, 1.807) is 0 Å². The average Bonchev–Trinajstić information content (AvgIpc) is 3.47. The standard InChI is InChI=1S/C64H124O17P2/c1-8-11-12-13-14-15-16-23-31-38-45-61(66)74-52-60(81-64(69)48-41-34-27-26-30-37-44-57(7)10-3)54-79-83(72,73)77-50-58(65)49-76-82(70,71)78-53-59(51-75-62(67)46-39-32-24-19-17-21-28-35-42-55(4)5)80-63(68)47-40-33-25-20-18-22-29-36-43-56(6)9-2/h55-60,65H,8-54H2,1-7H3,(H,70,71)(H,72,73)/t56?,57?,58-,59-,60-/m1/s1. The van der Waals surface area contributed by atoms with Gasteiger partial charge in [-0.25, -0.2) is 9.13 Å². The molecule has 0 rings (SSSR count). The zero-order chi connectivity index (χ0) is 61.7. The Hall–Kier alpha value is -1.94. The van der Waals surface area contributed by atoms with Gasteiger partial charge in [0, 0.05) is 25.7 Å². The Balaban J connectivity index is 5.26. The number of rotatable bonds is 62. The monoisotopic (exact) mass is 1230 g/mol. The molecule has 19 heteroatoms. The average molecular weight is 1230 g/mol. The van der Waals surface area contributed by atoms with E-state index in [9.17, 15) is 43.2 Å². The smallest absolute Gasteiger partial charge is 0.462 e. The van der Waals surface area contributed by atoms with Crippen molar-refractivity contribution in [2.75, 3.05) is 39.6 Å². The lowest BCUT2D eigenvalue weighted by Gasteiger charge is -2.21. The predicted molar refractivity (Wildman–Crippen MR) is 331 cm³/mol. The van der Waals surface area contributed by atoms with E-state index in [0.717, 1.165) is 108 Å². The van der Waals surface area contributed by atoms with Gasteiger partial charge >= 0.3 is 39.5 Å². The first-order valence-corrected chi connectivity index (χ1v) is 36.4. The second-order valence-electron chi connectivity index (χ2n) is 24.1. The van der Waals surface area contributed by atoms with Crippen LogP contribution in [0.15, 0.2) is 0 Å². The molecule has 0 fully saturated rings. The topological polar surface area (TPSA) is 237 Å². The molecule has 4 unspecified atom stereocenters. The lowest BCUT2D eigenvalue weighted by Crippen LogP contribution is -2.30. The molecule has 0 aliphatic heterocycles. The molecule has 0 heterocycles. The molecule has 0 saturated carbocycles. The van der Waals surface area contributed by atoms with Gasteiger partial charge < -0.3 is 33.8 Å². The summed E-state index contributed by atoms with van der Waals surface area (Å²) < 4.78 is 68.0. The van der Waals surface area contributed by atoms with Crippen molar-refractivity contribution in [1.82, 2.24) is 0 Å². The fraction of sp³-hybridized carbons (Fsp3) is 0.938. The molecule has 0 aliphatic rings. The van der Waals surface area contributed by atoms with Crippen molar-refractivity contribution in [3.05, 3.63) is 0 Å². The van der Waals surface area contributed by atoms with Crippen molar-refractivity contribution in [3.63, 3.8) is 0 Å². The van der Waals surface area contributed by atoms with Gasteiger partial charge in [0.1, 0.15) is 19.3 Å². The Bertz CT molecular complexity index is 1650. The van der Waals surface area contributed by atoms with E-state index in [4.69, 9.17) is 37.0 Å². The molecule has 0 saturated heterocycles. The molecule has 0 aromatic heterocycles. The molecular weight excluding hydrogens is 1100 g/mol. The highest BCUT2D eigenvalue weighted by atomic mass is 31.2. The van der Waals surface area contributed by atoms with Crippen LogP contribution >= 0.6 is 15.6 Å². The fourth-order valence-corrected chi connectivity index (χ4v) is 11.0. The quantitative estimate of drug-likeness (QED) is 0.0222. The van der Waals surface area contributed by atoms with Gasteiger partial charge in [-0.3, -0.25) is 37.3 Å². The second kappa shape index (κ2) is 55.4. The molecule has 7 atom stereocenters. The van der Waals surface area contributed by atoms with Crippen LogP contribution in [0.2, 0.25) is 0 Å². The SMILES string of the molecule is CCCCCCCCCCCCC(=O)OC[C@H](COP(=O)(O)OC[C@H](O)COP(=O)(O)OC[C@@H](COC(=O)CCCCCCCCCCC(C)C)OC(=O)CCCCCCCCCCC(C)CC)OC(=O)CCCCCCCCC(C)CC. The Morgan fingerprint density at radius 2 is 0.614 bits per heavy atom. The number of hydrogen-bond donors (Lipinski definition) is 3. The largest absolute Gasteiger partial charge is 0.472 e. The van der Waals surface area contributed by atoms with Gasteiger partial charge in [0.2, 0.25) is 0 Å². The molecule has 0 aromatic carbocycles. The van der Waals surface area contributed by atoms with E-state index in [2.05, 4.69) is 48.5 Å². The lowest BCUT2D eigenvalue weighted by atomic mass is 9.99. The molecule has 0 radical (unpaired) electrons. The molecular formula is C64H124O17P2. The van der Waals surface area contributed by atoms with Gasteiger partial charge in [-0.05, 0) is 43.4 Å². The molecule has 0 bridgehead atoms. The van der Waals surface area contributed by atoms with Crippen LogP contribution in [0.4, 0.5) is 0 Å². The van der Waals surface area contributed by atoms with E-state index < -0.39 is 97.5 Å². The maximum Gasteiger partial charge on any atom is 0.472 e. The van der Waals surface area contributed by atoms with Gasteiger partial charge in [-0.2, -0.15) is 0 Å². The third-order valence-corrected chi connectivity index (χ3v) is 17.3. The first-order chi connectivity index (χ1) is 39.8. The number of phosphoric ester groups is 2. The third-order valence-electron chi connectivity index (χ3n) is 15.4. The van der Waals surface area contributed by atoms with Gasteiger partial charge in [-0.15, -0.1) is 0 Å². The number of aliphatic hydroxyl groups excluding tert-OH is 1. The van der Waals surface area contributed by atoms with Crippen LogP contribution in [-0.4, -0.2) is 96.7 Å². The van der Waals surface area contributed by atoms with Crippen molar-refractivity contribution in [2.24, 2.45) is 17.8 Å². The van der Waals surface area contributed by atoms with E-state index in [-0.39, 0.29) is 25.7 Å². The number of unbranched alkanes of at least 4 members (excludes halogenated alkanes) is 28. The lowest BCUT2D eigenvalue weighted by molar-refractivity contribution is -0.161. The molecule has 17 nitrogen and oxygen atoms in total. The van der Waals surface area contributed by atoms with Gasteiger partial charge in [-0.1, -0.05) is 260 Å². The zero-order valence-electron chi connectivity index (χ0n) is 53.6. The Kier molecular flexibility index (Phi) is 54.1. The van der Waals surface area contributed by atoms with Gasteiger partial charge in [0.25, 0.3) is 0 Å². The van der Waals surface area contributed by atoms with Crippen LogP contribution in [0, 0.1) is 17.8 Å². The number of carbonyl (C=O) groups excluding carboxylic acids is 4. The molecule has 0 aromatic rings. The van der Waals surface area contributed by atoms with Crippen LogP contribution in [0.25, 0.3) is 0 Å². The van der Waals surface area contributed by atoms with Crippen LogP contribution in [0.3, 0.4) is 0 Å². The molecule has 0 aliphatic carbocycles. The van der Waals surface area contributed by atoms with Crippen LogP contribution in [0.5, 0.6) is 0 Å². The van der Waals surface area contributed by atoms with Crippen molar-refractivity contribution < 1.29 is 80.2 Å². The highest BCUT2D eigenvalue weighted by molar-refractivity contribution is 7.47. The maximum atomic E-state index is 13.0. The molecule has 0 spiro atoms. The number of carbonyl (C=O) groups is 4. The van der Waals surface area contributed by atoms with Crippen molar-refractivity contribution in [2.45, 2.75) is 330 Å². The normalized spacial score (nSPS) is 15.0. The van der Waals surface area contributed by atoms with Gasteiger partial charge in [0.15, 0.2) is 12.2 Å². The summed E-state index contributed by atoms with van der Waals surface area (Å²) in [6.07, 6.45) is 36.2. The molecule has 83 heavy (non-hydrogen) atoms. The van der Waals surface area contributed by atoms with Crippen LogP contribution in [-0.2, 0) is 65.4 Å². The second-order valence-corrected chi connectivity index (χ2v) is 27.0. The molecule has 492 valence electrons. The number of aliphatic hydroxyl groups is 1. The van der Waals surface area contributed by atoms with E-state index in [1.165, 1.54) is 122 Å². The first-order valence-electron chi connectivity index (χ1n) is 33.4. The Morgan fingerprint density at radius 3 is 0.916 bits per heavy atom. The van der Waals surface area contributed by atoms with Crippen molar-refractivity contribution in [1.29, 1.82) is 0 Å². The first kappa shape index (κ1) is 81.1. The summed E-state index contributed by atoms with van der Waals surface area (Å²) in [7, 11) is -9.89. The van der Waals surface area contributed by atoms with Crippen molar-refractivity contribution in [3.8, 4) is 0 Å². The summed E-state index contributed by atoms with van der Waals surface area (Å²) in [5.41, 5.74) is 0. The summed E-state index contributed by atoms with van der Waals surface area (Å²) in [5, 5.41) is 10.5. The minimum Gasteiger partial charge on any atom is -0.462 e. The fourth-order valence-electron chi connectivity index (χ4n) is 9.42. The third kappa shape index (κ3) is 56.3. The summed E-state index contributed by atoms with van der Waals surface area (Å²) in [6, 6.07) is 0. The summed E-state index contributed by atoms with van der Waals surface area (Å²) in [6.45, 7) is 11.7. The van der Waals surface area contributed by atoms with E-state index >= 15 is 0 Å². The van der Waals surface area contributed by atoms with Crippen molar-refractivity contribution >= 4 is 39.5 Å². The Morgan fingerprint density at radius 1 is 0.349 bits per heavy atom. The summed E-state index contributed by atoms with van der Waals surface area (Å²) in [5.74, 6) is 0.0766. The van der Waals surface area contributed by atoms with Crippen LogP contribution in [0.1, 0.15) is 312 Å². The highest BCUT2D eigenvalue weighted by Gasteiger charge is 2.30. The predicted octanol–water partition coefficient (Wildman–Crippen LogP) is 17.5. The van der Waals surface area contributed by atoms with E-state index in [1.807, 2.05) is 0 Å². The molecule has 0 amide bonds. The number of ether oxygens (including phenoxy) is 4. The number of hydrogen-bond acceptors (Lipinski definition) is 15. The highest BCUT2D eigenvalue weighted by Crippen LogP contribution is 2.45. The zero-order valence-corrected chi connectivity index (χ0v) is 55.4. The molecule has 3 N–H and O–H groups in total. The number of phosphoric acid groups is 2. The van der Waals surface area contributed by atoms with Crippen LogP contribution < -0.4 is 0 Å². The summed E-state index contributed by atoms with van der Waals surface area (Å²) in [4.78, 5) is 72.2. The van der Waals surface area contributed by atoms with E-state index in [0.29, 0.717) is 25.7 Å². The minimum atomic E-state index is -4.95. The minimum absolute atomic E-state index is 0.103. The maximum absolute atomic E-state index is 13.0.